The van der Waals surface area contributed by atoms with Gasteiger partial charge in [0, 0.05) is 14.2 Å². The van der Waals surface area contributed by atoms with Gasteiger partial charge in [-0.15, -0.1) is 0 Å². The van der Waals surface area contributed by atoms with Gasteiger partial charge in [0.15, 0.2) is 0 Å². The molecular weight excluding hydrogens is 208 g/mol. The van der Waals surface area contributed by atoms with Crippen molar-refractivity contribution in [2.75, 3.05) is 42.4 Å². The Balaban J connectivity index is 5.41. The van der Waals surface area contributed by atoms with Crippen LogP contribution in [-0.2, 0) is 8.85 Å². The average molecular weight is 234 g/mol. The zero-order valence-corrected chi connectivity index (χ0v) is 12.4. The van der Waals surface area contributed by atoms with Crippen LogP contribution in [0.2, 0.25) is 6.55 Å². The smallest absolute Gasteiger partial charge is 0.370 e. The fourth-order valence-electron chi connectivity index (χ4n) is 2.58. The van der Waals surface area contributed by atoms with E-state index in [9.17, 15) is 0 Å². The van der Waals surface area contributed by atoms with Gasteiger partial charge in [0.1, 0.15) is 5.29 Å². The van der Waals surface area contributed by atoms with Crippen molar-refractivity contribution in [3.05, 3.63) is 0 Å². The van der Waals surface area contributed by atoms with Crippen LogP contribution in [0.3, 0.4) is 0 Å². The van der Waals surface area contributed by atoms with Crippen molar-refractivity contribution in [3.8, 4) is 0 Å². The molecule has 0 heterocycles. The van der Waals surface area contributed by atoms with Gasteiger partial charge < -0.3 is 8.85 Å². The molecule has 92 valence electrons. The fourth-order valence-corrected chi connectivity index (χ4v) is 5.66. The van der Waals surface area contributed by atoms with Crippen LogP contribution in [0.25, 0.3) is 0 Å². The van der Waals surface area contributed by atoms with Crippen LogP contribution in [0.4, 0.5) is 0 Å². The molecule has 0 atom stereocenters. The first-order valence-electron chi connectivity index (χ1n) is 5.27. The third-order valence-corrected chi connectivity index (χ3v) is 7.74. The monoisotopic (exact) mass is 234 g/mol. The predicted octanol–water partition coefficient (Wildman–Crippen LogP) is 1.12. The molecule has 4 nitrogen and oxygen atoms in total. The van der Waals surface area contributed by atoms with E-state index in [0.29, 0.717) is 0 Å². The zero-order chi connectivity index (χ0) is 12.3. The largest absolute Gasteiger partial charge is 0.396 e. The summed E-state index contributed by atoms with van der Waals surface area (Å²) in [5, 5.41) is -0.142. The number of nitrogens with zero attached hydrogens (tertiary/aromatic N) is 2. The van der Waals surface area contributed by atoms with Crippen molar-refractivity contribution in [3.63, 3.8) is 0 Å². The van der Waals surface area contributed by atoms with E-state index in [-0.39, 0.29) is 5.29 Å². The van der Waals surface area contributed by atoms with Crippen LogP contribution in [0.5, 0.6) is 0 Å². The number of hydrogen-bond donors (Lipinski definition) is 0. The Morgan fingerprint density at radius 2 is 1.33 bits per heavy atom. The molecule has 0 aromatic heterocycles. The molecule has 0 unspecified atom stereocenters. The van der Waals surface area contributed by atoms with E-state index in [4.69, 9.17) is 8.85 Å². The minimum atomic E-state index is -2.25. The van der Waals surface area contributed by atoms with Gasteiger partial charge in [0.05, 0.1) is 0 Å². The first kappa shape index (κ1) is 15.1. The van der Waals surface area contributed by atoms with Gasteiger partial charge in [0.25, 0.3) is 0 Å². The van der Waals surface area contributed by atoms with E-state index in [1.54, 1.807) is 14.2 Å². The van der Waals surface area contributed by atoms with Crippen LogP contribution in [0.1, 0.15) is 13.3 Å². The lowest BCUT2D eigenvalue weighted by Gasteiger charge is -2.51. The highest BCUT2D eigenvalue weighted by Crippen LogP contribution is 2.32. The van der Waals surface area contributed by atoms with E-state index in [2.05, 4.69) is 51.5 Å². The van der Waals surface area contributed by atoms with Crippen LogP contribution in [0.15, 0.2) is 0 Å². The summed E-state index contributed by atoms with van der Waals surface area (Å²) in [6, 6.07) is 0. The molecule has 0 aromatic carbocycles. The van der Waals surface area contributed by atoms with Gasteiger partial charge in [-0.1, -0.05) is 6.92 Å². The summed E-state index contributed by atoms with van der Waals surface area (Å²) in [5.41, 5.74) is 0. The van der Waals surface area contributed by atoms with Crippen molar-refractivity contribution in [1.82, 2.24) is 9.80 Å². The SMILES string of the molecule is CCC(N(C)C)(N(C)C)[Si](C)(OC)OC. The Kier molecular flexibility index (Phi) is 5.43. The maximum absolute atomic E-state index is 5.70. The number of hydrogen-bond acceptors (Lipinski definition) is 4. The topological polar surface area (TPSA) is 24.9 Å². The van der Waals surface area contributed by atoms with E-state index in [1.165, 1.54) is 0 Å². The molecule has 0 radical (unpaired) electrons. The third kappa shape index (κ3) is 2.26. The zero-order valence-electron chi connectivity index (χ0n) is 11.4. The second-order valence-electron chi connectivity index (χ2n) is 4.31. The Labute approximate surface area is 95.4 Å². The van der Waals surface area contributed by atoms with Crippen molar-refractivity contribution >= 4 is 8.56 Å². The molecular formula is C10H26N2O2Si. The van der Waals surface area contributed by atoms with Gasteiger partial charge in [-0.05, 0) is 41.2 Å². The molecule has 0 saturated heterocycles. The van der Waals surface area contributed by atoms with E-state index in [1.807, 2.05) is 0 Å². The van der Waals surface area contributed by atoms with Crippen molar-refractivity contribution in [2.45, 2.75) is 25.2 Å². The molecule has 0 bridgehead atoms. The summed E-state index contributed by atoms with van der Waals surface area (Å²) in [6.07, 6.45) is 0.970. The summed E-state index contributed by atoms with van der Waals surface area (Å²) in [6.45, 7) is 4.28. The fraction of sp³-hybridized carbons (Fsp3) is 1.00. The third-order valence-electron chi connectivity index (χ3n) is 3.48. The van der Waals surface area contributed by atoms with Crippen LogP contribution >= 0.6 is 0 Å². The minimum Gasteiger partial charge on any atom is -0.396 e. The van der Waals surface area contributed by atoms with E-state index in [0.717, 1.165) is 6.42 Å². The number of rotatable bonds is 6. The van der Waals surface area contributed by atoms with Crippen molar-refractivity contribution in [2.24, 2.45) is 0 Å². The molecule has 15 heavy (non-hydrogen) atoms. The lowest BCUT2D eigenvalue weighted by Crippen LogP contribution is -2.73. The van der Waals surface area contributed by atoms with Gasteiger partial charge in [-0.3, -0.25) is 9.80 Å². The van der Waals surface area contributed by atoms with E-state index < -0.39 is 8.56 Å². The predicted molar refractivity (Wildman–Crippen MR) is 66.0 cm³/mol. The molecule has 0 aliphatic rings. The average Bonchev–Trinajstić information content (AvgIpc) is 2.18. The minimum absolute atomic E-state index is 0.142. The maximum Gasteiger partial charge on any atom is 0.370 e. The van der Waals surface area contributed by atoms with Gasteiger partial charge in [-0.25, -0.2) is 0 Å². The maximum atomic E-state index is 5.70. The first-order valence-corrected chi connectivity index (χ1v) is 7.59. The molecule has 5 heteroatoms. The highest BCUT2D eigenvalue weighted by Gasteiger charge is 2.55. The summed E-state index contributed by atoms with van der Waals surface area (Å²) in [4.78, 5) is 4.40. The van der Waals surface area contributed by atoms with Crippen LogP contribution in [-0.4, -0.2) is 66.1 Å². The highest BCUT2D eigenvalue weighted by molar-refractivity contribution is 6.69. The Bertz CT molecular complexity index is 186. The summed E-state index contributed by atoms with van der Waals surface area (Å²) < 4.78 is 11.4. The molecule has 0 aliphatic carbocycles. The van der Waals surface area contributed by atoms with E-state index >= 15 is 0 Å². The van der Waals surface area contributed by atoms with Gasteiger partial charge in [-0.2, -0.15) is 0 Å². The second kappa shape index (κ2) is 5.40. The Morgan fingerprint density at radius 1 is 1.00 bits per heavy atom. The van der Waals surface area contributed by atoms with Crippen molar-refractivity contribution in [1.29, 1.82) is 0 Å². The lowest BCUT2D eigenvalue weighted by atomic mass is 10.3. The molecule has 0 rings (SSSR count). The molecule has 0 spiro atoms. The lowest BCUT2D eigenvalue weighted by molar-refractivity contribution is 0.0191. The van der Waals surface area contributed by atoms with Gasteiger partial charge >= 0.3 is 8.56 Å². The molecule has 0 amide bonds. The molecule has 0 N–H and O–H groups in total. The highest BCUT2D eigenvalue weighted by atomic mass is 28.4. The second-order valence-corrected chi connectivity index (χ2v) is 7.82. The van der Waals surface area contributed by atoms with Crippen LogP contribution < -0.4 is 0 Å². The Hall–Kier alpha value is 0.0569. The summed E-state index contributed by atoms with van der Waals surface area (Å²) in [5.74, 6) is 0. The molecule has 0 aromatic rings. The molecule has 0 saturated carbocycles. The summed E-state index contributed by atoms with van der Waals surface area (Å²) >= 11 is 0. The van der Waals surface area contributed by atoms with Crippen LogP contribution in [0, 0.1) is 0 Å². The summed E-state index contributed by atoms with van der Waals surface area (Å²) in [7, 11) is 9.54. The van der Waals surface area contributed by atoms with Crippen molar-refractivity contribution < 1.29 is 8.85 Å². The first-order chi connectivity index (χ1) is 6.82. The standard InChI is InChI=1S/C10H26N2O2Si/c1-9-10(11(2)3,12(4)5)15(8,13-6)14-7/h9H2,1-8H3. The Morgan fingerprint density at radius 3 is 1.40 bits per heavy atom. The molecule has 0 fully saturated rings. The normalized spacial score (nSPS) is 14.0. The quantitative estimate of drug-likeness (QED) is 0.508. The molecule has 0 aliphatic heterocycles. The van der Waals surface area contributed by atoms with Gasteiger partial charge in [0.2, 0.25) is 0 Å².